The van der Waals surface area contributed by atoms with Crippen LogP contribution in [0.5, 0.6) is 0 Å². The molecule has 0 atom stereocenters. The molecule has 22 heavy (non-hydrogen) atoms. The van der Waals surface area contributed by atoms with Crippen molar-refractivity contribution in [3.05, 3.63) is 29.8 Å². The average molecular weight is 416 g/mol. The predicted octanol–water partition coefficient (Wildman–Crippen LogP) is 2.16. The van der Waals surface area contributed by atoms with E-state index in [0.29, 0.717) is 5.96 Å². The second-order valence-electron chi connectivity index (χ2n) is 5.13. The number of nitrogens with zero attached hydrogens (tertiary/aromatic N) is 2. The van der Waals surface area contributed by atoms with Gasteiger partial charge < -0.3 is 15.5 Å². The minimum absolute atomic E-state index is 0. The molecule has 5 nitrogen and oxygen atoms in total. The van der Waals surface area contributed by atoms with E-state index < -0.39 is 0 Å². The second-order valence-corrected chi connectivity index (χ2v) is 5.13. The molecule has 1 aromatic rings. The van der Waals surface area contributed by atoms with Crippen LogP contribution >= 0.6 is 24.0 Å². The quantitative estimate of drug-likeness (QED) is 0.450. The first kappa shape index (κ1) is 18.7. The van der Waals surface area contributed by atoms with Crippen molar-refractivity contribution >= 4 is 41.5 Å². The van der Waals surface area contributed by atoms with E-state index in [4.69, 9.17) is 0 Å². The SMILES string of the molecule is CCCNC(=NC)NCC(=O)N1CCCc2ccccc21.I. The van der Waals surface area contributed by atoms with Crippen LogP contribution in [0.1, 0.15) is 25.3 Å². The van der Waals surface area contributed by atoms with Crippen LogP contribution < -0.4 is 15.5 Å². The lowest BCUT2D eigenvalue weighted by Gasteiger charge is -2.29. The Labute approximate surface area is 149 Å². The third-order valence-electron chi connectivity index (χ3n) is 3.58. The maximum absolute atomic E-state index is 12.4. The van der Waals surface area contributed by atoms with Crippen LogP contribution in [0, 0.1) is 0 Å². The summed E-state index contributed by atoms with van der Waals surface area (Å²) in [5.74, 6) is 0.761. The van der Waals surface area contributed by atoms with E-state index >= 15 is 0 Å². The van der Waals surface area contributed by atoms with Gasteiger partial charge in [-0.15, -0.1) is 24.0 Å². The lowest BCUT2D eigenvalue weighted by atomic mass is 10.0. The smallest absolute Gasteiger partial charge is 0.246 e. The number of aliphatic imine (C=N–C) groups is 1. The molecule has 1 heterocycles. The molecule has 1 aromatic carbocycles. The molecule has 0 bridgehead atoms. The number of hydrogen-bond acceptors (Lipinski definition) is 2. The Morgan fingerprint density at radius 2 is 2.09 bits per heavy atom. The van der Waals surface area contributed by atoms with Gasteiger partial charge in [0.1, 0.15) is 0 Å². The number of rotatable bonds is 4. The molecule has 2 N–H and O–H groups in total. The third kappa shape index (κ3) is 4.86. The molecule has 0 saturated heterocycles. The van der Waals surface area contributed by atoms with E-state index in [0.717, 1.165) is 38.0 Å². The van der Waals surface area contributed by atoms with Gasteiger partial charge in [-0.3, -0.25) is 9.79 Å². The largest absolute Gasteiger partial charge is 0.356 e. The van der Waals surface area contributed by atoms with Crippen molar-refractivity contribution < 1.29 is 4.79 Å². The van der Waals surface area contributed by atoms with Crippen LogP contribution in [0.15, 0.2) is 29.3 Å². The Kier molecular flexibility index (Phi) is 8.22. The number of amides is 1. The van der Waals surface area contributed by atoms with Crippen LogP contribution in [0.4, 0.5) is 5.69 Å². The fourth-order valence-electron chi connectivity index (χ4n) is 2.51. The second kappa shape index (κ2) is 9.66. The molecular weight excluding hydrogens is 391 g/mol. The maximum atomic E-state index is 12.4. The number of anilines is 1. The highest BCUT2D eigenvalue weighted by Crippen LogP contribution is 2.26. The van der Waals surface area contributed by atoms with Crippen molar-refractivity contribution in [1.29, 1.82) is 0 Å². The van der Waals surface area contributed by atoms with Gasteiger partial charge in [-0.2, -0.15) is 0 Å². The molecule has 0 unspecified atom stereocenters. The van der Waals surface area contributed by atoms with Crippen molar-refractivity contribution in [2.45, 2.75) is 26.2 Å². The van der Waals surface area contributed by atoms with Gasteiger partial charge in [-0.25, -0.2) is 0 Å². The zero-order valence-corrected chi connectivity index (χ0v) is 15.6. The number of carbonyl (C=O) groups excluding carboxylic acids is 1. The number of nitrogens with one attached hydrogen (secondary N) is 2. The topological polar surface area (TPSA) is 56.7 Å². The summed E-state index contributed by atoms with van der Waals surface area (Å²) in [5.41, 5.74) is 2.30. The molecular formula is C16H25IN4O. The number of aryl methyl sites for hydroxylation is 1. The van der Waals surface area contributed by atoms with Gasteiger partial charge in [0.25, 0.3) is 0 Å². The average Bonchev–Trinajstić information content (AvgIpc) is 2.54. The molecule has 2 rings (SSSR count). The first-order valence-electron chi connectivity index (χ1n) is 7.59. The van der Waals surface area contributed by atoms with Crippen molar-refractivity contribution in [2.75, 3.05) is 31.6 Å². The fraction of sp³-hybridized carbons (Fsp3) is 0.500. The summed E-state index contributed by atoms with van der Waals surface area (Å²) < 4.78 is 0. The first-order valence-corrected chi connectivity index (χ1v) is 7.59. The molecule has 0 saturated carbocycles. The molecule has 1 aliphatic heterocycles. The summed E-state index contributed by atoms with van der Waals surface area (Å²) in [7, 11) is 1.71. The Morgan fingerprint density at radius 1 is 1.32 bits per heavy atom. The van der Waals surface area contributed by atoms with Crippen LogP contribution in [-0.4, -0.2) is 38.5 Å². The number of halogens is 1. The Balaban J connectivity index is 0.00000242. The van der Waals surface area contributed by atoms with Gasteiger partial charge in [-0.1, -0.05) is 25.1 Å². The molecule has 0 aliphatic carbocycles. The van der Waals surface area contributed by atoms with Crippen LogP contribution in [-0.2, 0) is 11.2 Å². The molecule has 0 aromatic heterocycles. The monoisotopic (exact) mass is 416 g/mol. The fourth-order valence-corrected chi connectivity index (χ4v) is 2.51. The van der Waals surface area contributed by atoms with E-state index in [2.05, 4.69) is 28.6 Å². The van der Waals surface area contributed by atoms with Crippen molar-refractivity contribution in [1.82, 2.24) is 10.6 Å². The molecule has 6 heteroatoms. The number of para-hydroxylation sites is 1. The molecule has 122 valence electrons. The van der Waals surface area contributed by atoms with Crippen LogP contribution in [0.25, 0.3) is 0 Å². The highest BCUT2D eigenvalue weighted by Gasteiger charge is 2.21. The Hall–Kier alpha value is -1.31. The number of hydrogen-bond donors (Lipinski definition) is 2. The van der Waals surface area contributed by atoms with Crippen molar-refractivity contribution in [3.8, 4) is 0 Å². The van der Waals surface area contributed by atoms with Crippen molar-refractivity contribution in [2.24, 2.45) is 4.99 Å². The summed E-state index contributed by atoms with van der Waals surface area (Å²) >= 11 is 0. The van der Waals surface area contributed by atoms with Gasteiger partial charge in [0, 0.05) is 25.8 Å². The van der Waals surface area contributed by atoms with E-state index in [1.807, 2.05) is 23.1 Å². The maximum Gasteiger partial charge on any atom is 0.246 e. The van der Waals surface area contributed by atoms with Gasteiger partial charge >= 0.3 is 0 Å². The summed E-state index contributed by atoms with van der Waals surface area (Å²) in [5, 5.41) is 6.24. The molecule has 0 spiro atoms. The number of fused-ring (bicyclic) bond motifs is 1. The summed E-state index contributed by atoms with van der Waals surface area (Å²) in [6, 6.07) is 8.14. The van der Waals surface area contributed by atoms with Gasteiger partial charge in [0.2, 0.25) is 5.91 Å². The molecule has 1 amide bonds. The first-order chi connectivity index (χ1) is 10.3. The lowest BCUT2D eigenvalue weighted by Crippen LogP contribution is -2.46. The predicted molar refractivity (Wildman–Crippen MR) is 102 cm³/mol. The van der Waals surface area contributed by atoms with Crippen molar-refractivity contribution in [3.63, 3.8) is 0 Å². The standard InChI is InChI=1S/C16H24N4O.HI/c1-3-10-18-16(17-2)19-12-15(21)20-11-6-8-13-7-4-5-9-14(13)20;/h4-5,7,9H,3,6,8,10-12H2,1-2H3,(H2,17,18,19);1H. The zero-order chi connectivity index (χ0) is 15.1. The minimum atomic E-state index is 0. The van der Waals surface area contributed by atoms with E-state index in [-0.39, 0.29) is 36.4 Å². The van der Waals surface area contributed by atoms with Gasteiger partial charge in [0.15, 0.2) is 5.96 Å². The highest BCUT2D eigenvalue weighted by molar-refractivity contribution is 14.0. The highest BCUT2D eigenvalue weighted by atomic mass is 127. The number of carbonyl (C=O) groups is 1. The van der Waals surface area contributed by atoms with E-state index in [1.165, 1.54) is 5.56 Å². The van der Waals surface area contributed by atoms with Gasteiger partial charge in [-0.05, 0) is 30.9 Å². The summed E-state index contributed by atoms with van der Waals surface area (Å²) in [6.45, 7) is 3.99. The summed E-state index contributed by atoms with van der Waals surface area (Å²) in [6.07, 6.45) is 3.09. The van der Waals surface area contributed by atoms with Crippen LogP contribution in [0.2, 0.25) is 0 Å². The lowest BCUT2D eigenvalue weighted by molar-refractivity contribution is -0.117. The number of benzene rings is 1. The van der Waals surface area contributed by atoms with E-state index in [9.17, 15) is 4.79 Å². The molecule has 1 aliphatic rings. The van der Waals surface area contributed by atoms with Crippen LogP contribution in [0.3, 0.4) is 0 Å². The normalized spacial score (nSPS) is 13.9. The minimum Gasteiger partial charge on any atom is -0.356 e. The number of guanidine groups is 1. The Morgan fingerprint density at radius 3 is 2.82 bits per heavy atom. The van der Waals surface area contributed by atoms with Gasteiger partial charge in [0.05, 0.1) is 6.54 Å². The molecule has 0 fully saturated rings. The molecule has 0 radical (unpaired) electrons. The van der Waals surface area contributed by atoms with E-state index in [1.54, 1.807) is 7.05 Å². The Bertz CT molecular complexity index is 519. The summed E-state index contributed by atoms with van der Waals surface area (Å²) in [4.78, 5) is 18.4. The zero-order valence-electron chi connectivity index (χ0n) is 13.3. The third-order valence-corrected chi connectivity index (χ3v) is 3.58.